The maximum absolute atomic E-state index is 12.6. The van der Waals surface area contributed by atoms with Crippen LogP contribution in [0, 0.1) is 22.7 Å². The standard InChI is InChI=1S/C24H35NO3/c1-4-13-25-15-24(28-21(25)27)12-9-20-18-6-5-16-14-17(26)7-10-22(16,2)19(18)8-11-23(20,24)3/h5-6,17,19-20,26H,4,7-15H2,1-3H3. The summed E-state index contributed by atoms with van der Waals surface area (Å²) in [5.74, 6) is 1.11. The van der Waals surface area contributed by atoms with Crippen LogP contribution in [0.4, 0.5) is 4.79 Å². The van der Waals surface area contributed by atoms with Gasteiger partial charge in [-0.15, -0.1) is 0 Å². The molecule has 1 heterocycles. The summed E-state index contributed by atoms with van der Waals surface area (Å²) in [5.41, 5.74) is 3.02. The van der Waals surface area contributed by atoms with E-state index in [4.69, 9.17) is 4.74 Å². The number of fused-ring (bicyclic) bond motifs is 6. The smallest absolute Gasteiger partial charge is 0.410 e. The first-order chi connectivity index (χ1) is 13.3. The summed E-state index contributed by atoms with van der Waals surface area (Å²) in [5, 5.41) is 10.2. The fourth-order valence-electron chi connectivity index (χ4n) is 7.58. The number of aliphatic hydroxyl groups excluding tert-OH is 1. The Labute approximate surface area is 169 Å². The molecule has 4 aliphatic carbocycles. The van der Waals surface area contributed by atoms with E-state index < -0.39 is 0 Å². The topological polar surface area (TPSA) is 49.8 Å². The molecule has 28 heavy (non-hydrogen) atoms. The maximum atomic E-state index is 12.6. The Bertz CT molecular complexity index is 757. The monoisotopic (exact) mass is 385 g/mol. The summed E-state index contributed by atoms with van der Waals surface area (Å²) in [4.78, 5) is 14.5. The van der Waals surface area contributed by atoms with Crippen molar-refractivity contribution in [3.05, 3.63) is 23.3 Å². The van der Waals surface area contributed by atoms with Crippen LogP contribution in [0.5, 0.6) is 0 Å². The van der Waals surface area contributed by atoms with E-state index in [-0.39, 0.29) is 28.6 Å². The van der Waals surface area contributed by atoms with Gasteiger partial charge in [-0.05, 0) is 68.6 Å². The third-order valence-corrected chi connectivity index (χ3v) is 9.32. The second-order valence-electron chi connectivity index (χ2n) is 10.6. The Morgan fingerprint density at radius 3 is 2.71 bits per heavy atom. The highest BCUT2D eigenvalue weighted by atomic mass is 16.6. The van der Waals surface area contributed by atoms with Crippen LogP contribution in [-0.2, 0) is 4.74 Å². The van der Waals surface area contributed by atoms with Crippen LogP contribution in [0.1, 0.15) is 72.1 Å². The van der Waals surface area contributed by atoms with E-state index in [0.29, 0.717) is 11.8 Å². The molecule has 1 aliphatic heterocycles. The molecule has 1 N–H and O–H groups in total. The van der Waals surface area contributed by atoms with Gasteiger partial charge in [-0.25, -0.2) is 4.79 Å². The van der Waals surface area contributed by atoms with Gasteiger partial charge in [-0.3, -0.25) is 0 Å². The summed E-state index contributed by atoms with van der Waals surface area (Å²) in [6.07, 6.45) is 12.7. The molecule has 0 bridgehead atoms. The number of hydrogen-bond acceptors (Lipinski definition) is 3. The van der Waals surface area contributed by atoms with Crippen LogP contribution < -0.4 is 0 Å². The average Bonchev–Trinajstić information content (AvgIpc) is 3.13. The van der Waals surface area contributed by atoms with Crippen molar-refractivity contribution < 1.29 is 14.6 Å². The predicted molar refractivity (Wildman–Crippen MR) is 109 cm³/mol. The zero-order chi connectivity index (χ0) is 19.7. The SMILES string of the molecule is CCCN1CC2(CCC3C4=CC=C5CC(O)CCC5(C)C4CCC32C)OC1=O. The van der Waals surface area contributed by atoms with Gasteiger partial charge in [0.1, 0.15) is 5.60 Å². The molecule has 4 fully saturated rings. The van der Waals surface area contributed by atoms with E-state index in [1.165, 1.54) is 12.0 Å². The molecule has 0 aromatic heterocycles. The van der Waals surface area contributed by atoms with Gasteiger partial charge in [0.25, 0.3) is 0 Å². The number of carbonyl (C=O) groups excluding carboxylic acids is 1. The minimum atomic E-state index is -0.302. The Balaban J connectivity index is 1.48. The van der Waals surface area contributed by atoms with E-state index in [2.05, 4.69) is 32.9 Å². The van der Waals surface area contributed by atoms with E-state index >= 15 is 0 Å². The van der Waals surface area contributed by atoms with Crippen molar-refractivity contribution in [1.82, 2.24) is 4.90 Å². The van der Waals surface area contributed by atoms with Crippen LogP contribution in [0.25, 0.3) is 0 Å². The average molecular weight is 386 g/mol. The van der Waals surface area contributed by atoms with Crippen molar-refractivity contribution in [2.45, 2.75) is 83.8 Å². The van der Waals surface area contributed by atoms with E-state index in [0.717, 1.165) is 58.0 Å². The highest BCUT2D eigenvalue weighted by Gasteiger charge is 2.67. The van der Waals surface area contributed by atoms with Crippen LogP contribution >= 0.6 is 0 Å². The fourth-order valence-corrected chi connectivity index (χ4v) is 7.58. The molecule has 0 radical (unpaired) electrons. The first-order valence-corrected chi connectivity index (χ1v) is 11.4. The molecule has 6 atom stereocenters. The Kier molecular flexibility index (Phi) is 4.08. The summed E-state index contributed by atoms with van der Waals surface area (Å²) < 4.78 is 6.18. The molecule has 154 valence electrons. The van der Waals surface area contributed by atoms with Gasteiger partial charge in [0.05, 0.1) is 12.6 Å². The summed E-state index contributed by atoms with van der Waals surface area (Å²) >= 11 is 0. The van der Waals surface area contributed by atoms with Crippen molar-refractivity contribution >= 4 is 6.09 Å². The Morgan fingerprint density at radius 2 is 1.93 bits per heavy atom. The predicted octanol–water partition coefficient (Wildman–Crippen LogP) is 4.83. The van der Waals surface area contributed by atoms with Crippen molar-refractivity contribution in [3.63, 3.8) is 0 Å². The lowest BCUT2D eigenvalue weighted by molar-refractivity contribution is -0.0626. The van der Waals surface area contributed by atoms with E-state index in [1.807, 2.05) is 4.90 Å². The van der Waals surface area contributed by atoms with Crippen LogP contribution in [0.3, 0.4) is 0 Å². The summed E-state index contributed by atoms with van der Waals surface area (Å²) in [7, 11) is 0. The Hall–Kier alpha value is -1.29. The van der Waals surface area contributed by atoms with Crippen LogP contribution in [0.15, 0.2) is 23.3 Å². The van der Waals surface area contributed by atoms with E-state index in [9.17, 15) is 9.90 Å². The minimum absolute atomic E-state index is 0.0450. The van der Waals surface area contributed by atoms with Gasteiger partial charge in [-0.1, -0.05) is 44.1 Å². The van der Waals surface area contributed by atoms with Gasteiger partial charge >= 0.3 is 6.09 Å². The van der Waals surface area contributed by atoms with Gasteiger partial charge in [0.2, 0.25) is 0 Å². The Morgan fingerprint density at radius 1 is 1.14 bits per heavy atom. The zero-order valence-electron chi connectivity index (χ0n) is 17.7. The number of nitrogens with zero attached hydrogens (tertiary/aromatic N) is 1. The van der Waals surface area contributed by atoms with Gasteiger partial charge < -0.3 is 14.7 Å². The molecule has 4 heteroatoms. The fraction of sp³-hybridized carbons (Fsp3) is 0.792. The molecule has 6 unspecified atom stereocenters. The van der Waals surface area contributed by atoms with Crippen molar-refractivity contribution in [3.8, 4) is 0 Å². The first-order valence-electron chi connectivity index (χ1n) is 11.4. The van der Waals surface area contributed by atoms with Gasteiger partial charge in [-0.2, -0.15) is 0 Å². The van der Waals surface area contributed by atoms with E-state index in [1.54, 1.807) is 5.57 Å². The summed E-state index contributed by atoms with van der Waals surface area (Å²) in [6.45, 7) is 8.54. The lowest BCUT2D eigenvalue weighted by Crippen LogP contribution is -2.53. The summed E-state index contributed by atoms with van der Waals surface area (Å²) in [6, 6.07) is 0. The largest absolute Gasteiger partial charge is 0.440 e. The number of hydrogen-bond donors (Lipinski definition) is 1. The zero-order valence-corrected chi connectivity index (χ0v) is 17.7. The van der Waals surface area contributed by atoms with Gasteiger partial charge in [0, 0.05) is 12.0 Å². The maximum Gasteiger partial charge on any atom is 0.410 e. The molecule has 0 aromatic carbocycles. The molecular formula is C24H35NO3. The van der Waals surface area contributed by atoms with Crippen molar-refractivity contribution in [2.24, 2.45) is 22.7 Å². The molecule has 5 aliphatic rings. The molecule has 4 nitrogen and oxygen atoms in total. The number of amides is 1. The molecule has 3 saturated carbocycles. The highest BCUT2D eigenvalue weighted by Crippen LogP contribution is 2.67. The third kappa shape index (κ3) is 2.30. The van der Waals surface area contributed by atoms with Crippen molar-refractivity contribution in [2.75, 3.05) is 13.1 Å². The van der Waals surface area contributed by atoms with Crippen LogP contribution in [-0.4, -0.2) is 40.9 Å². The lowest BCUT2D eigenvalue weighted by atomic mass is 9.50. The van der Waals surface area contributed by atoms with Crippen molar-refractivity contribution in [1.29, 1.82) is 0 Å². The quantitative estimate of drug-likeness (QED) is 0.740. The second-order valence-corrected chi connectivity index (χ2v) is 10.6. The number of aliphatic hydroxyl groups is 1. The molecule has 5 rings (SSSR count). The van der Waals surface area contributed by atoms with Crippen LogP contribution in [0.2, 0.25) is 0 Å². The minimum Gasteiger partial charge on any atom is -0.440 e. The lowest BCUT2D eigenvalue weighted by Gasteiger charge is -2.55. The second kappa shape index (κ2) is 6.10. The van der Waals surface area contributed by atoms with Gasteiger partial charge in [0.15, 0.2) is 0 Å². The third-order valence-electron chi connectivity index (χ3n) is 9.32. The molecular weight excluding hydrogens is 350 g/mol. The number of ether oxygens (including phenoxy) is 1. The normalized spacial score (nSPS) is 47.2. The molecule has 1 spiro atoms. The highest BCUT2D eigenvalue weighted by molar-refractivity contribution is 5.71. The molecule has 1 saturated heterocycles. The number of rotatable bonds is 2. The number of carbonyl (C=O) groups is 1. The molecule has 1 amide bonds. The number of allylic oxidation sites excluding steroid dienone is 3. The molecule has 0 aromatic rings. The first kappa shape index (κ1) is 18.7.